The van der Waals surface area contributed by atoms with Gasteiger partial charge in [-0.1, -0.05) is 0 Å². The quantitative estimate of drug-likeness (QED) is 0.644. The highest BCUT2D eigenvalue weighted by molar-refractivity contribution is 5.69. The number of nitrogens with zero attached hydrogens (tertiary/aromatic N) is 1. The number of aliphatic hydroxyl groups is 1. The Balaban J connectivity index is 3.63. The van der Waals surface area contributed by atoms with Crippen LogP contribution in [0.25, 0.3) is 0 Å². The fourth-order valence-corrected chi connectivity index (χ4v) is 1.15. The molecule has 0 fully saturated rings. The first-order valence-electron chi connectivity index (χ1n) is 4.94. The molecule has 0 spiro atoms. The van der Waals surface area contributed by atoms with E-state index < -0.39 is 0 Å². The first-order valence-corrected chi connectivity index (χ1v) is 4.94. The van der Waals surface area contributed by atoms with Gasteiger partial charge in [-0.15, -0.1) is 0 Å². The highest BCUT2D eigenvalue weighted by Gasteiger charge is 2.14. The fourth-order valence-electron chi connectivity index (χ4n) is 1.15. The monoisotopic (exact) mass is 203 g/mol. The Morgan fingerprint density at radius 2 is 2.07 bits per heavy atom. The number of hydrogen-bond acceptors (Lipinski definition) is 4. The zero-order valence-electron chi connectivity index (χ0n) is 9.49. The summed E-state index contributed by atoms with van der Waals surface area (Å²) < 4.78 is 4.53. The van der Waals surface area contributed by atoms with Crippen LogP contribution in [0.5, 0.6) is 0 Å². The summed E-state index contributed by atoms with van der Waals surface area (Å²) >= 11 is 0. The topological polar surface area (TPSA) is 49.8 Å². The average Bonchev–Trinajstić information content (AvgIpc) is 2.15. The molecule has 0 saturated heterocycles. The molecule has 0 rings (SSSR count). The molecule has 0 bridgehead atoms. The van der Waals surface area contributed by atoms with Gasteiger partial charge in [0.1, 0.15) is 0 Å². The third kappa shape index (κ3) is 5.19. The van der Waals surface area contributed by atoms with Crippen LogP contribution in [0.3, 0.4) is 0 Å². The summed E-state index contributed by atoms with van der Waals surface area (Å²) in [7, 11) is 3.33. The van der Waals surface area contributed by atoms with Crippen molar-refractivity contribution in [2.45, 2.75) is 38.8 Å². The smallest absolute Gasteiger partial charge is 0.305 e. The number of aliphatic hydroxyl groups excluding tert-OH is 1. The van der Waals surface area contributed by atoms with Gasteiger partial charge in [-0.05, 0) is 33.9 Å². The van der Waals surface area contributed by atoms with Gasteiger partial charge in [0, 0.05) is 12.5 Å². The predicted molar refractivity (Wildman–Crippen MR) is 55.0 cm³/mol. The molecule has 84 valence electrons. The van der Waals surface area contributed by atoms with Gasteiger partial charge in [0.15, 0.2) is 0 Å². The van der Waals surface area contributed by atoms with Crippen molar-refractivity contribution in [3.63, 3.8) is 0 Å². The lowest BCUT2D eigenvalue weighted by molar-refractivity contribution is -0.140. The molecular weight excluding hydrogens is 182 g/mol. The van der Waals surface area contributed by atoms with Crippen molar-refractivity contribution in [1.82, 2.24) is 4.90 Å². The molecule has 2 atom stereocenters. The lowest BCUT2D eigenvalue weighted by Gasteiger charge is -2.26. The largest absolute Gasteiger partial charge is 0.469 e. The number of methoxy groups -OCH3 is 1. The molecule has 0 aromatic rings. The minimum atomic E-state index is -0.349. The third-order valence-electron chi connectivity index (χ3n) is 2.51. The van der Waals surface area contributed by atoms with Gasteiger partial charge in [-0.2, -0.15) is 0 Å². The van der Waals surface area contributed by atoms with Crippen LogP contribution < -0.4 is 0 Å². The van der Waals surface area contributed by atoms with Gasteiger partial charge in [-0.3, -0.25) is 4.79 Å². The maximum Gasteiger partial charge on any atom is 0.305 e. The molecule has 0 aliphatic heterocycles. The van der Waals surface area contributed by atoms with Crippen LogP contribution in [0.1, 0.15) is 26.7 Å². The Labute approximate surface area is 85.9 Å². The second kappa shape index (κ2) is 6.79. The maximum atomic E-state index is 10.8. The minimum Gasteiger partial charge on any atom is -0.469 e. The van der Waals surface area contributed by atoms with Crippen molar-refractivity contribution in [3.05, 3.63) is 0 Å². The van der Waals surface area contributed by atoms with E-state index in [0.717, 1.165) is 13.0 Å². The Kier molecular flexibility index (Phi) is 6.49. The Morgan fingerprint density at radius 3 is 2.50 bits per heavy atom. The van der Waals surface area contributed by atoms with Crippen LogP contribution in [0.4, 0.5) is 0 Å². The zero-order chi connectivity index (χ0) is 11.1. The first-order chi connectivity index (χ1) is 6.49. The van der Waals surface area contributed by atoms with Gasteiger partial charge in [0.05, 0.1) is 13.2 Å². The normalized spacial score (nSPS) is 15.3. The lowest BCUT2D eigenvalue weighted by atomic mass is 10.2. The second-order valence-corrected chi connectivity index (χ2v) is 3.64. The van der Waals surface area contributed by atoms with Crippen LogP contribution in [0.15, 0.2) is 0 Å². The molecule has 1 N–H and O–H groups in total. The first kappa shape index (κ1) is 13.4. The van der Waals surface area contributed by atoms with Crippen molar-refractivity contribution in [2.24, 2.45) is 0 Å². The van der Waals surface area contributed by atoms with Gasteiger partial charge in [-0.25, -0.2) is 0 Å². The number of hydrogen-bond donors (Lipinski definition) is 1. The third-order valence-corrected chi connectivity index (χ3v) is 2.51. The molecule has 0 radical (unpaired) electrons. The molecular formula is C10H21NO3. The van der Waals surface area contributed by atoms with E-state index in [1.807, 2.05) is 18.9 Å². The molecule has 0 aliphatic rings. The molecule has 2 unspecified atom stereocenters. The summed E-state index contributed by atoms with van der Waals surface area (Å²) in [6, 6.07) is 0.118. The predicted octanol–water partition coefficient (Wildman–Crippen LogP) is 0.641. The van der Waals surface area contributed by atoms with Crippen LogP contribution in [0, 0.1) is 0 Å². The van der Waals surface area contributed by atoms with Gasteiger partial charge in [0.2, 0.25) is 0 Å². The van der Waals surface area contributed by atoms with E-state index in [-0.39, 0.29) is 18.1 Å². The molecule has 0 aromatic heterocycles. The minimum absolute atomic E-state index is 0.118. The molecule has 4 nitrogen and oxygen atoms in total. The molecule has 0 aliphatic carbocycles. The molecule has 0 saturated carbocycles. The number of rotatable bonds is 6. The number of carbonyl (C=O) groups excluding carboxylic acids is 1. The Hall–Kier alpha value is -0.610. The van der Waals surface area contributed by atoms with E-state index in [0.29, 0.717) is 6.42 Å². The highest BCUT2D eigenvalue weighted by atomic mass is 16.5. The van der Waals surface area contributed by atoms with Crippen LogP contribution in [0.2, 0.25) is 0 Å². The van der Waals surface area contributed by atoms with Crippen molar-refractivity contribution in [3.8, 4) is 0 Å². The second-order valence-electron chi connectivity index (χ2n) is 3.64. The summed E-state index contributed by atoms with van der Waals surface area (Å²) in [6.07, 6.45) is 0.853. The SMILES string of the molecule is COC(=O)CCCN(C)C(C)C(C)O. The van der Waals surface area contributed by atoms with E-state index in [2.05, 4.69) is 4.74 Å². The number of ether oxygens (including phenoxy) is 1. The standard InChI is InChI=1S/C10H21NO3/c1-8(9(2)12)11(3)7-5-6-10(13)14-4/h8-9,12H,5-7H2,1-4H3. The van der Waals surface area contributed by atoms with Gasteiger partial charge >= 0.3 is 5.97 Å². The van der Waals surface area contributed by atoms with Crippen LogP contribution in [-0.4, -0.2) is 48.8 Å². The number of carbonyl (C=O) groups is 1. The molecule has 4 heteroatoms. The summed E-state index contributed by atoms with van der Waals surface area (Å²) in [6.45, 7) is 4.52. The maximum absolute atomic E-state index is 10.8. The summed E-state index contributed by atoms with van der Waals surface area (Å²) in [4.78, 5) is 12.8. The lowest BCUT2D eigenvalue weighted by Crippen LogP contribution is -2.38. The Bertz CT molecular complexity index is 171. The number of esters is 1. The van der Waals surface area contributed by atoms with Gasteiger partial charge in [0.25, 0.3) is 0 Å². The highest BCUT2D eigenvalue weighted by Crippen LogP contribution is 2.03. The molecule has 14 heavy (non-hydrogen) atoms. The zero-order valence-corrected chi connectivity index (χ0v) is 9.49. The van der Waals surface area contributed by atoms with E-state index in [4.69, 9.17) is 0 Å². The molecule has 0 amide bonds. The van der Waals surface area contributed by atoms with E-state index in [1.54, 1.807) is 6.92 Å². The molecule has 0 heterocycles. The van der Waals surface area contributed by atoms with Crippen LogP contribution >= 0.6 is 0 Å². The number of likely N-dealkylation sites (N-methyl/N-ethyl adjacent to an activating group) is 1. The van der Waals surface area contributed by atoms with Crippen LogP contribution in [-0.2, 0) is 9.53 Å². The summed E-state index contributed by atoms with van der Waals surface area (Å²) in [5.74, 6) is -0.178. The van der Waals surface area contributed by atoms with Gasteiger partial charge < -0.3 is 14.7 Å². The van der Waals surface area contributed by atoms with Crippen molar-refractivity contribution >= 4 is 5.97 Å². The summed E-state index contributed by atoms with van der Waals surface area (Å²) in [5, 5.41) is 9.31. The Morgan fingerprint density at radius 1 is 1.50 bits per heavy atom. The fraction of sp³-hybridized carbons (Fsp3) is 0.900. The summed E-state index contributed by atoms with van der Waals surface area (Å²) in [5.41, 5.74) is 0. The average molecular weight is 203 g/mol. The van der Waals surface area contributed by atoms with E-state index in [1.165, 1.54) is 7.11 Å². The van der Waals surface area contributed by atoms with E-state index >= 15 is 0 Å². The van der Waals surface area contributed by atoms with Crippen molar-refractivity contribution in [2.75, 3.05) is 20.7 Å². The van der Waals surface area contributed by atoms with E-state index in [9.17, 15) is 9.90 Å². The molecule has 0 aromatic carbocycles. The van der Waals surface area contributed by atoms with Crippen molar-refractivity contribution < 1.29 is 14.6 Å². The van der Waals surface area contributed by atoms with Crippen molar-refractivity contribution in [1.29, 1.82) is 0 Å².